The van der Waals surface area contributed by atoms with E-state index >= 15 is 0 Å². The molecule has 0 saturated carbocycles. The van der Waals surface area contributed by atoms with Gasteiger partial charge in [-0.15, -0.1) is 6.58 Å². The molecule has 158 valence electrons. The van der Waals surface area contributed by atoms with E-state index in [-0.39, 0.29) is 35.2 Å². The summed E-state index contributed by atoms with van der Waals surface area (Å²) in [6, 6.07) is 11.8. The Labute approximate surface area is 179 Å². The summed E-state index contributed by atoms with van der Waals surface area (Å²) in [4.78, 5) is 53.2. The largest absolute Gasteiger partial charge is 0.449 e. The summed E-state index contributed by atoms with van der Waals surface area (Å²) in [7, 11) is 0. The maximum absolute atomic E-state index is 13.0. The fourth-order valence-corrected chi connectivity index (χ4v) is 4.09. The predicted molar refractivity (Wildman–Crippen MR) is 114 cm³/mol. The molecule has 0 aliphatic carbocycles. The first-order valence-electron chi connectivity index (χ1n) is 10.1. The summed E-state index contributed by atoms with van der Waals surface area (Å²) in [6.07, 6.45) is 1.19. The fourth-order valence-electron chi connectivity index (χ4n) is 4.09. The first-order valence-corrected chi connectivity index (χ1v) is 10.1. The summed E-state index contributed by atoms with van der Waals surface area (Å²) in [5.74, 6) is -1.95. The first-order chi connectivity index (χ1) is 14.8. The van der Waals surface area contributed by atoms with Gasteiger partial charge in [-0.1, -0.05) is 24.3 Å². The third kappa shape index (κ3) is 3.42. The molecule has 0 spiro atoms. The van der Waals surface area contributed by atoms with Gasteiger partial charge >= 0.3 is 5.97 Å². The summed E-state index contributed by atoms with van der Waals surface area (Å²) in [6.45, 7) is 7.12. The minimum Gasteiger partial charge on any atom is -0.449 e. The Morgan fingerprint density at radius 1 is 1.16 bits per heavy atom. The van der Waals surface area contributed by atoms with Gasteiger partial charge in [0.05, 0.1) is 16.7 Å². The molecule has 31 heavy (non-hydrogen) atoms. The Bertz CT molecular complexity index is 1120. The van der Waals surface area contributed by atoms with E-state index in [1.165, 1.54) is 31.2 Å². The standard InChI is InChI=1S/C24H22N2O5/c1-4-11-25-22(28)18-10-9-17(13-19(18)23(25)29)24(30)31-15(3)21(27)26-14(2)12-16-7-5-6-8-20(16)26/h4-10,13-15H,1,11-12H2,2-3H3/t14-,15-/m1/s1. The van der Waals surface area contributed by atoms with Crippen LogP contribution in [0.15, 0.2) is 55.1 Å². The van der Waals surface area contributed by atoms with Crippen molar-refractivity contribution in [2.75, 3.05) is 11.4 Å². The number of rotatable bonds is 5. The average Bonchev–Trinajstić information content (AvgIpc) is 3.21. The second-order valence-corrected chi connectivity index (χ2v) is 7.71. The number of carbonyl (C=O) groups excluding carboxylic acids is 4. The lowest BCUT2D eigenvalue weighted by molar-refractivity contribution is -0.126. The first kappa shape index (κ1) is 20.5. The van der Waals surface area contributed by atoms with Gasteiger partial charge in [0.1, 0.15) is 0 Å². The maximum Gasteiger partial charge on any atom is 0.338 e. The zero-order chi connectivity index (χ0) is 22.3. The highest BCUT2D eigenvalue weighted by Gasteiger charge is 2.37. The molecule has 0 aromatic heterocycles. The molecule has 2 aliphatic rings. The van der Waals surface area contributed by atoms with Gasteiger partial charge in [0, 0.05) is 18.3 Å². The smallest absolute Gasteiger partial charge is 0.338 e. The lowest BCUT2D eigenvalue weighted by Crippen LogP contribution is -2.43. The molecule has 7 heteroatoms. The SMILES string of the molecule is C=CCN1C(=O)c2ccc(C(=O)O[C@H](C)C(=O)N3c4ccccc4C[C@H]3C)cc2C1=O. The van der Waals surface area contributed by atoms with Crippen molar-refractivity contribution in [1.29, 1.82) is 0 Å². The molecular formula is C24H22N2O5. The number of fused-ring (bicyclic) bond motifs is 2. The molecule has 3 amide bonds. The summed E-state index contributed by atoms with van der Waals surface area (Å²) in [5.41, 5.74) is 2.38. The maximum atomic E-state index is 13.0. The zero-order valence-electron chi connectivity index (χ0n) is 17.3. The van der Waals surface area contributed by atoms with Crippen molar-refractivity contribution in [3.63, 3.8) is 0 Å². The number of hydrogen-bond acceptors (Lipinski definition) is 5. The molecule has 0 bridgehead atoms. The third-order valence-electron chi connectivity index (χ3n) is 5.59. The van der Waals surface area contributed by atoms with Crippen molar-refractivity contribution in [2.45, 2.75) is 32.4 Å². The van der Waals surface area contributed by atoms with Crippen molar-refractivity contribution >= 4 is 29.4 Å². The number of ether oxygens (including phenoxy) is 1. The lowest BCUT2D eigenvalue weighted by atomic mass is 10.1. The van der Waals surface area contributed by atoms with E-state index in [0.717, 1.165) is 22.6 Å². The Morgan fingerprint density at radius 2 is 1.87 bits per heavy atom. The van der Waals surface area contributed by atoms with Gasteiger partial charge in [-0.25, -0.2) is 4.79 Å². The molecule has 2 aromatic carbocycles. The highest BCUT2D eigenvalue weighted by Crippen LogP contribution is 2.32. The van der Waals surface area contributed by atoms with Crippen LogP contribution in [-0.4, -0.2) is 47.3 Å². The van der Waals surface area contributed by atoms with Gasteiger partial charge in [0.25, 0.3) is 17.7 Å². The van der Waals surface area contributed by atoms with Crippen LogP contribution in [0.5, 0.6) is 0 Å². The Kier molecular flexibility index (Phi) is 5.19. The molecular weight excluding hydrogens is 396 g/mol. The van der Waals surface area contributed by atoms with Crippen LogP contribution in [0.1, 0.15) is 50.5 Å². The average molecular weight is 418 g/mol. The number of amides is 3. The number of esters is 1. The van der Waals surface area contributed by atoms with E-state index in [0.29, 0.717) is 0 Å². The van der Waals surface area contributed by atoms with E-state index in [9.17, 15) is 19.2 Å². The van der Waals surface area contributed by atoms with Crippen LogP contribution in [-0.2, 0) is 16.0 Å². The van der Waals surface area contributed by atoms with Crippen LogP contribution in [0.4, 0.5) is 5.69 Å². The number of benzene rings is 2. The number of para-hydroxylation sites is 1. The molecule has 0 radical (unpaired) electrons. The van der Waals surface area contributed by atoms with Gasteiger partial charge in [0.15, 0.2) is 6.10 Å². The normalized spacial score (nSPS) is 17.9. The molecule has 0 N–H and O–H groups in total. The van der Waals surface area contributed by atoms with Gasteiger partial charge in [-0.3, -0.25) is 19.3 Å². The van der Waals surface area contributed by atoms with E-state index in [1.54, 1.807) is 4.90 Å². The van der Waals surface area contributed by atoms with Gasteiger partial charge < -0.3 is 9.64 Å². The Morgan fingerprint density at radius 3 is 2.61 bits per heavy atom. The monoisotopic (exact) mass is 418 g/mol. The Balaban J connectivity index is 1.51. The molecule has 0 unspecified atom stereocenters. The lowest BCUT2D eigenvalue weighted by Gasteiger charge is -2.26. The summed E-state index contributed by atoms with van der Waals surface area (Å²) in [5, 5.41) is 0. The van der Waals surface area contributed by atoms with Crippen molar-refractivity contribution in [2.24, 2.45) is 0 Å². The molecule has 2 aromatic rings. The highest BCUT2D eigenvalue weighted by atomic mass is 16.5. The fraction of sp³-hybridized carbons (Fsp3) is 0.250. The second kappa shape index (κ2) is 7.83. The van der Waals surface area contributed by atoms with Crippen molar-refractivity contribution in [1.82, 2.24) is 4.90 Å². The molecule has 0 saturated heterocycles. The number of hydrogen-bond donors (Lipinski definition) is 0. The quantitative estimate of drug-likeness (QED) is 0.423. The predicted octanol–water partition coefficient (Wildman–Crippen LogP) is 2.99. The summed E-state index contributed by atoms with van der Waals surface area (Å²) < 4.78 is 5.41. The third-order valence-corrected chi connectivity index (χ3v) is 5.59. The van der Waals surface area contributed by atoms with Crippen LogP contribution in [0.25, 0.3) is 0 Å². The summed E-state index contributed by atoms with van der Waals surface area (Å²) >= 11 is 0. The van der Waals surface area contributed by atoms with Crippen LogP contribution in [0.2, 0.25) is 0 Å². The minimum absolute atomic E-state index is 0.0366. The molecule has 2 atom stereocenters. The molecule has 2 aliphatic heterocycles. The number of anilines is 1. The van der Waals surface area contributed by atoms with Crippen LogP contribution >= 0.6 is 0 Å². The van der Waals surface area contributed by atoms with Crippen molar-refractivity contribution in [3.8, 4) is 0 Å². The molecule has 7 nitrogen and oxygen atoms in total. The second-order valence-electron chi connectivity index (χ2n) is 7.71. The highest BCUT2D eigenvalue weighted by molar-refractivity contribution is 6.22. The van der Waals surface area contributed by atoms with E-state index in [4.69, 9.17) is 4.74 Å². The topological polar surface area (TPSA) is 84.0 Å². The van der Waals surface area contributed by atoms with E-state index in [1.807, 2.05) is 31.2 Å². The minimum atomic E-state index is -1.01. The molecule has 0 fully saturated rings. The Hall–Kier alpha value is -3.74. The number of carbonyl (C=O) groups is 4. The molecule has 2 heterocycles. The zero-order valence-corrected chi connectivity index (χ0v) is 17.3. The van der Waals surface area contributed by atoms with Gasteiger partial charge in [-0.2, -0.15) is 0 Å². The molecule has 4 rings (SSSR count). The van der Waals surface area contributed by atoms with Crippen molar-refractivity contribution < 1.29 is 23.9 Å². The van der Waals surface area contributed by atoms with Crippen LogP contribution in [0.3, 0.4) is 0 Å². The van der Waals surface area contributed by atoms with Crippen molar-refractivity contribution in [3.05, 3.63) is 77.4 Å². The van der Waals surface area contributed by atoms with Gasteiger partial charge in [-0.05, 0) is 50.1 Å². The number of nitrogens with zero attached hydrogens (tertiary/aromatic N) is 2. The van der Waals surface area contributed by atoms with E-state index in [2.05, 4.69) is 6.58 Å². The van der Waals surface area contributed by atoms with Crippen LogP contribution < -0.4 is 4.90 Å². The van der Waals surface area contributed by atoms with E-state index < -0.39 is 23.9 Å². The van der Waals surface area contributed by atoms with Crippen LogP contribution in [0, 0.1) is 0 Å². The number of imide groups is 1. The van der Waals surface area contributed by atoms with Gasteiger partial charge in [0.2, 0.25) is 0 Å².